The lowest BCUT2D eigenvalue weighted by Gasteiger charge is -2.23. The van der Waals surface area contributed by atoms with Crippen LogP contribution in [0.4, 0.5) is 5.82 Å². The smallest absolute Gasteiger partial charge is 0.135 e. The van der Waals surface area contributed by atoms with Crippen molar-refractivity contribution in [3.05, 3.63) is 41.4 Å². The highest BCUT2D eigenvalue weighted by Gasteiger charge is 2.40. The van der Waals surface area contributed by atoms with Gasteiger partial charge in [0, 0.05) is 56.4 Å². The van der Waals surface area contributed by atoms with Crippen molar-refractivity contribution in [3.8, 4) is 0 Å². The first-order valence-corrected chi connectivity index (χ1v) is 8.63. The molecule has 0 bridgehead atoms. The average Bonchev–Trinajstić information content (AvgIpc) is 3.08. The van der Waals surface area contributed by atoms with Gasteiger partial charge in [-0.2, -0.15) is 0 Å². The molecular weight excluding hydrogens is 300 g/mol. The van der Waals surface area contributed by atoms with Gasteiger partial charge in [0.1, 0.15) is 12.1 Å². The van der Waals surface area contributed by atoms with E-state index in [4.69, 9.17) is 0 Å². The minimum atomic E-state index is 0.720. The lowest BCUT2D eigenvalue weighted by Crippen LogP contribution is -2.30. The number of rotatable bonds is 3. The predicted octanol–water partition coefficient (Wildman–Crippen LogP) is 1.76. The summed E-state index contributed by atoms with van der Waals surface area (Å²) in [4.78, 5) is 22.6. The maximum atomic E-state index is 4.58. The van der Waals surface area contributed by atoms with E-state index in [1.165, 1.54) is 5.56 Å². The minimum Gasteiger partial charge on any atom is -0.356 e. The summed E-state index contributed by atoms with van der Waals surface area (Å²) in [6.07, 6.45) is 5.39. The average molecular weight is 324 g/mol. The fourth-order valence-corrected chi connectivity index (χ4v) is 4.06. The van der Waals surface area contributed by atoms with E-state index in [-0.39, 0.29) is 0 Å². The van der Waals surface area contributed by atoms with Crippen molar-refractivity contribution < 1.29 is 0 Å². The largest absolute Gasteiger partial charge is 0.356 e. The van der Waals surface area contributed by atoms with Gasteiger partial charge in [-0.25, -0.2) is 9.97 Å². The molecular formula is C18H24N6. The van der Waals surface area contributed by atoms with Gasteiger partial charge in [-0.1, -0.05) is 0 Å². The summed E-state index contributed by atoms with van der Waals surface area (Å²) in [5, 5.41) is 0. The third-order valence-electron chi connectivity index (χ3n) is 5.36. The molecule has 2 aliphatic rings. The van der Waals surface area contributed by atoms with Crippen molar-refractivity contribution in [1.82, 2.24) is 24.8 Å². The number of likely N-dealkylation sites (tertiary alicyclic amines) is 1. The number of anilines is 1. The van der Waals surface area contributed by atoms with Gasteiger partial charge < -0.3 is 4.90 Å². The molecule has 126 valence electrons. The summed E-state index contributed by atoms with van der Waals surface area (Å²) >= 11 is 0. The van der Waals surface area contributed by atoms with Crippen LogP contribution in [0.5, 0.6) is 0 Å². The molecule has 24 heavy (non-hydrogen) atoms. The molecule has 2 saturated heterocycles. The van der Waals surface area contributed by atoms with Gasteiger partial charge in [-0.3, -0.25) is 14.9 Å². The Morgan fingerprint density at radius 2 is 1.75 bits per heavy atom. The van der Waals surface area contributed by atoms with E-state index in [0.717, 1.165) is 67.5 Å². The van der Waals surface area contributed by atoms with Crippen LogP contribution in [0, 0.1) is 32.6 Å². The zero-order chi connectivity index (χ0) is 16.7. The molecule has 0 radical (unpaired) electrons. The normalized spacial score (nSPS) is 23.7. The zero-order valence-corrected chi connectivity index (χ0v) is 14.6. The maximum absolute atomic E-state index is 4.58. The lowest BCUT2D eigenvalue weighted by atomic mass is 10.0. The van der Waals surface area contributed by atoms with Crippen molar-refractivity contribution in [1.29, 1.82) is 0 Å². The first-order valence-electron chi connectivity index (χ1n) is 8.63. The van der Waals surface area contributed by atoms with Gasteiger partial charge in [0.2, 0.25) is 0 Å². The van der Waals surface area contributed by atoms with Gasteiger partial charge in [0.15, 0.2) is 0 Å². The number of hydrogen-bond acceptors (Lipinski definition) is 6. The van der Waals surface area contributed by atoms with Crippen LogP contribution in [-0.4, -0.2) is 51.0 Å². The highest BCUT2D eigenvalue weighted by molar-refractivity contribution is 5.48. The van der Waals surface area contributed by atoms with Crippen LogP contribution < -0.4 is 4.90 Å². The van der Waals surface area contributed by atoms with E-state index in [2.05, 4.69) is 43.6 Å². The molecule has 4 heterocycles. The fraction of sp³-hybridized carbons (Fsp3) is 0.556. The first-order chi connectivity index (χ1) is 11.6. The second-order valence-corrected chi connectivity index (χ2v) is 7.18. The maximum Gasteiger partial charge on any atom is 0.135 e. The summed E-state index contributed by atoms with van der Waals surface area (Å²) in [5.74, 6) is 2.56. The number of aromatic nitrogens is 4. The molecule has 4 rings (SSSR count). The summed E-state index contributed by atoms with van der Waals surface area (Å²) in [6.45, 7) is 11.6. The summed E-state index contributed by atoms with van der Waals surface area (Å²) in [5.41, 5.74) is 4.36. The second-order valence-electron chi connectivity index (χ2n) is 7.18. The molecule has 2 atom stereocenters. The Labute approximate surface area is 143 Å². The van der Waals surface area contributed by atoms with Crippen LogP contribution in [0.25, 0.3) is 0 Å². The third kappa shape index (κ3) is 2.86. The summed E-state index contributed by atoms with van der Waals surface area (Å²) in [7, 11) is 0. The zero-order valence-electron chi connectivity index (χ0n) is 14.6. The molecule has 6 nitrogen and oxygen atoms in total. The molecule has 0 saturated carbocycles. The van der Waals surface area contributed by atoms with Crippen LogP contribution in [0.15, 0.2) is 18.7 Å². The molecule has 2 unspecified atom stereocenters. The molecule has 2 aliphatic heterocycles. The topological polar surface area (TPSA) is 58.0 Å². The van der Waals surface area contributed by atoms with Gasteiger partial charge in [-0.15, -0.1) is 0 Å². The Balaban J connectivity index is 1.41. The summed E-state index contributed by atoms with van der Waals surface area (Å²) in [6, 6.07) is 0. The van der Waals surface area contributed by atoms with Crippen LogP contribution in [-0.2, 0) is 6.54 Å². The predicted molar refractivity (Wildman–Crippen MR) is 92.7 cm³/mol. The Kier molecular flexibility index (Phi) is 3.92. The molecule has 0 amide bonds. The van der Waals surface area contributed by atoms with Crippen LogP contribution >= 0.6 is 0 Å². The number of fused-ring (bicyclic) bond motifs is 1. The van der Waals surface area contributed by atoms with E-state index >= 15 is 0 Å². The molecule has 0 aromatic carbocycles. The highest BCUT2D eigenvalue weighted by atomic mass is 15.3. The van der Waals surface area contributed by atoms with Crippen molar-refractivity contribution in [2.24, 2.45) is 11.8 Å². The second kappa shape index (κ2) is 6.09. The number of nitrogens with zero attached hydrogens (tertiary/aromatic N) is 6. The van der Waals surface area contributed by atoms with Gasteiger partial charge in [0.05, 0.1) is 11.4 Å². The molecule has 2 aromatic rings. The van der Waals surface area contributed by atoms with E-state index in [9.17, 15) is 0 Å². The van der Waals surface area contributed by atoms with E-state index in [0.29, 0.717) is 0 Å². The van der Waals surface area contributed by atoms with Crippen molar-refractivity contribution >= 4 is 5.82 Å². The lowest BCUT2D eigenvalue weighted by molar-refractivity contribution is 0.304. The van der Waals surface area contributed by atoms with Crippen molar-refractivity contribution in [2.45, 2.75) is 27.3 Å². The molecule has 2 fully saturated rings. The standard InChI is InChI=1S/C18H24N6/c1-12-4-19-5-17(22-12)10-23-6-15-8-24(9-16(15)7-23)18-13(2)14(3)20-11-21-18/h4-5,11,15-16H,6-10H2,1-3H3. The SMILES string of the molecule is Cc1cncc(CN2CC3CN(c4ncnc(C)c4C)CC3C2)n1. The Morgan fingerprint density at radius 1 is 1.00 bits per heavy atom. The van der Waals surface area contributed by atoms with Crippen LogP contribution in [0.1, 0.15) is 22.6 Å². The van der Waals surface area contributed by atoms with E-state index < -0.39 is 0 Å². The van der Waals surface area contributed by atoms with Crippen molar-refractivity contribution in [3.63, 3.8) is 0 Å². The Morgan fingerprint density at radius 3 is 2.46 bits per heavy atom. The monoisotopic (exact) mass is 324 g/mol. The Hall–Kier alpha value is -2.08. The minimum absolute atomic E-state index is 0.720. The quantitative estimate of drug-likeness (QED) is 0.857. The van der Waals surface area contributed by atoms with Gasteiger partial charge >= 0.3 is 0 Å². The first kappa shape index (κ1) is 15.4. The van der Waals surface area contributed by atoms with Gasteiger partial charge in [0.25, 0.3) is 0 Å². The molecule has 0 spiro atoms. The van der Waals surface area contributed by atoms with E-state index in [1.54, 1.807) is 6.33 Å². The van der Waals surface area contributed by atoms with Crippen molar-refractivity contribution in [2.75, 3.05) is 31.1 Å². The third-order valence-corrected chi connectivity index (χ3v) is 5.36. The van der Waals surface area contributed by atoms with Gasteiger partial charge in [-0.05, 0) is 32.6 Å². The molecule has 2 aromatic heterocycles. The summed E-state index contributed by atoms with van der Waals surface area (Å²) < 4.78 is 0. The van der Waals surface area contributed by atoms with Crippen LogP contribution in [0.2, 0.25) is 0 Å². The molecule has 0 aliphatic carbocycles. The van der Waals surface area contributed by atoms with E-state index in [1.807, 2.05) is 19.3 Å². The van der Waals surface area contributed by atoms with Crippen LogP contribution in [0.3, 0.4) is 0 Å². The number of aryl methyl sites for hydroxylation is 2. The highest BCUT2D eigenvalue weighted by Crippen LogP contribution is 2.34. The molecule has 0 N–H and O–H groups in total. The Bertz CT molecular complexity index is 732. The fourth-order valence-electron chi connectivity index (χ4n) is 4.06. The number of hydrogen-bond donors (Lipinski definition) is 0. The molecule has 6 heteroatoms.